The average Bonchev–Trinajstić information content (AvgIpc) is 2.34. The van der Waals surface area contributed by atoms with Gasteiger partial charge in [-0.05, 0) is 40.3 Å². The van der Waals surface area contributed by atoms with Crippen LogP contribution in [0.4, 0.5) is 0 Å². The van der Waals surface area contributed by atoms with Crippen molar-refractivity contribution in [1.82, 2.24) is 20.2 Å². The molecule has 0 radical (unpaired) electrons. The largest absolute Gasteiger partial charge is 0.307 e. The predicted molar refractivity (Wildman–Crippen MR) is 80.1 cm³/mol. The first-order valence-electron chi connectivity index (χ1n) is 7.09. The second-order valence-corrected chi connectivity index (χ2v) is 5.90. The molecule has 0 saturated carbocycles. The zero-order chi connectivity index (χ0) is 14.4. The molecule has 1 rings (SSSR count). The van der Waals surface area contributed by atoms with E-state index in [4.69, 9.17) is 0 Å². The maximum Gasteiger partial charge on any atom is 0.0782 e. The Morgan fingerprint density at radius 1 is 1.16 bits per heavy atom. The van der Waals surface area contributed by atoms with E-state index in [0.29, 0.717) is 12.0 Å². The summed E-state index contributed by atoms with van der Waals surface area (Å²) < 4.78 is 0. The van der Waals surface area contributed by atoms with Gasteiger partial charge in [0.1, 0.15) is 0 Å². The highest BCUT2D eigenvalue weighted by Gasteiger charge is 2.16. The summed E-state index contributed by atoms with van der Waals surface area (Å²) in [7, 11) is 4.29. The van der Waals surface area contributed by atoms with Crippen molar-refractivity contribution in [2.24, 2.45) is 5.92 Å². The van der Waals surface area contributed by atoms with E-state index in [0.717, 1.165) is 17.9 Å². The second-order valence-electron chi connectivity index (χ2n) is 5.90. The highest BCUT2D eigenvalue weighted by atomic mass is 15.1. The first kappa shape index (κ1) is 16.1. The normalized spacial score (nSPS) is 14.9. The van der Waals surface area contributed by atoms with E-state index >= 15 is 0 Å². The molecule has 2 unspecified atom stereocenters. The Bertz CT molecular complexity index is 376. The van der Waals surface area contributed by atoms with Crippen LogP contribution in [0.15, 0.2) is 12.4 Å². The van der Waals surface area contributed by atoms with Crippen molar-refractivity contribution in [3.8, 4) is 0 Å². The lowest BCUT2D eigenvalue weighted by molar-refractivity contribution is 0.241. The van der Waals surface area contributed by atoms with Gasteiger partial charge in [-0.3, -0.25) is 9.97 Å². The number of hydrogen-bond donors (Lipinski definition) is 1. The first-order valence-corrected chi connectivity index (χ1v) is 7.09. The molecule has 0 spiro atoms. The van der Waals surface area contributed by atoms with E-state index in [1.54, 1.807) is 12.4 Å². The number of nitrogens with zero attached hydrogens (tertiary/aromatic N) is 3. The van der Waals surface area contributed by atoms with Gasteiger partial charge in [-0.15, -0.1) is 0 Å². The molecule has 0 aliphatic rings. The fourth-order valence-corrected chi connectivity index (χ4v) is 2.27. The van der Waals surface area contributed by atoms with Gasteiger partial charge < -0.3 is 10.2 Å². The quantitative estimate of drug-likeness (QED) is 0.821. The molecule has 1 aromatic heterocycles. The molecule has 0 aromatic carbocycles. The smallest absolute Gasteiger partial charge is 0.0782 e. The van der Waals surface area contributed by atoms with Gasteiger partial charge in [0.25, 0.3) is 0 Å². The summed E-state index contributed by atoms with van der Waals surface area (Å²) in [6.45, 7) is 9.68. The lowest BCUT2D eigenvalue weighted by Gasteiger charge is -2.28. The van der Waals surface area contributed by atoms with Gasteiger partial charge in [0.15, 0.2) is 0 Å². The lowest BCUT2D eigenvalue weighted by atomic mass is 10.0. The van der Waals surface area contributed by atoms with Gasteiger partial charge in [0, 0.05) is 31.0 Å². The number of hydrogen-bond acceptors (Lipinski definition) is 4. The number of aryl methyl sites for hydroxylation is 1. The molecule has 108 valence electrons. The molecular weight excluding hydrogens is 236 g/mol. The summed E-state index contributed by atoms with van der Waals surface area (Å²) >= 11 is 0. The summed E-state index contributed by atoms with van der Waals surface area (Å²) in [5.74, 6) is 0.711. The number of rotatable bonds is 7. The zero-order valence-corrected chi connectivity index (χ0v) is 13.1. The van der Waals surface area contributed by atoms with Crippen LogP contribution in [0.1, 0.15) is 44.6 Å². The fourth-order valence-electron chi connectivity index (χ4n) is 2.27. The molecule has 1 heterocycles. The van der Waals surface area contributed by atoms with Gasteiger partial charge >= 0.3 is 0 Å². The van der Waals surface area contributed by atoms with E-state index in [-0.39, 0.29) is 6.04 Å². The molecule has 0 saturated heterocycles. The van der Waals surface area contributed by atoms with Gasteiger partial charge in [-0.1, -0.05) is 13.8 Å². The van der Waals surface area contributed by atoms with E-state index in [9.17, 15) is 0 Å². The van der Waals surface area contributed by atoms with Crippen molar-refractivity contribution in [2.45, 2.75) is 46.2 Å². The maximum absolute atomic E-state index is 4.42. The minimum atomic E-state index is 0.239. The molecule has 1 aromatic rings. The van der Waals surface area contributed by atoms with Crippen molar-refractivity contribution < 1.29 is 0 Å². The molecule has 2 atom stereocenters. The summed E-state index contributed by atoms with van der Waals surface area (Å²) in [6.07, 6.45) is 4.71. The van der Waals surface area contributed by atoms with Crippen LogP contribution in [0.2, 0.25) is 0 Å². The highest BCUT2D eigenvalue weighted by Crippen LogP contribution is 2.13. The van der Waals surface area contributed by atoms with Gasteiger partial charge in [-0.2, -0.15) is 0 Å². The Morgan fingerprint density at radius 3 is 2.32 bits per heavy atom. The van der Waals surface area contributed by atoms with Crippen LogP contribution in [0.3, 0.4) is 0 Å². The molecule has 0 fully saturated rings. The van der Waals surface area contributed by atoms with Crippen molar-refractivity contribution in [2.75, 3.05) is 20.6 Å². The number of likely N-dealkylation sites (N-methyl/N-ethyl adjacent to an activating group) is 1. The third-order valence-corrected chi connectivity index (χ3v) is 3.46. The molecule has 0 amide bonds. The maximum atomic E-state index is 4.42. The Balaban J connectivity index is 2.57. The molecule has 19 heavy (non-hydrogen) atoms. The summed E-state index contributed by atoms with van der Waals surface area (Å²) in [5.41, 5.74) is 2.05. The minimum Gasteiger partial charge on any atom is -0.307 e. The molecule has 1 N–H and O–H groups in total. The van der Waals surface area contributed by atoms with Crippen molar-refractivity contribution in [1.29, 1.82) is 0 Å². The van der Waals surface area contributed by atoms with Crippen LogP contribution in [0.25, 0.3) is 0 Å². The van der Waals surface area contributed by atoms with Crippen molar-refractivity contribution in [3.05, 3.63) is 23.8 Å². The van der Waals surface area contributed by atoms with E-state index in [2.05, 4.69) is 55.1 Å². The van der Waals surface area contributed by atoms with Crippen LogP contribution in [0, 0.1) is 12.8 Å². The molecule has 0 aliphatic carbocycles. The Morgan fingerprint density at radius 2 is 1.79 bits per heavy atom. The van der Waals surface area contributed by atoms with Crippen molar-refractivity contribution >= 4 is 0 Å². The first-order chi connectivity index (χ1) is 8.91. The van der Waals surface area contributed by atoms with E-state index in [1.807, 2.05) is 6.92 Å². The predicted octanol–water partition coefficient (Wildman–Crippen LogP) is 2.41. The summed E-state index contributed by atoms with van der Waals surface area (Å²) in [6, 6.07) is 0.794. The number of aromatic nitrogens is 2. The van der Waals surface area contributed by atoms with Crippen LogP contribution in [0.5, 0.6) is 0 Å². The number of nitrogens with one attached hydrogen (secondary N) is 1. The van der Waals surface area contributed by atoms with E-state index in [1.165, 1.54) is 6.42 Å². The van der Waals surface area contributed by atoms with Gasteiger partial charge in [0.2, 0.25) is 0 Å². The molecule has 4 heteroatoms. The third kappa shape index (κ3) is 5.25. The molecule has 0 aliphatic heterocycles. The minimum absolute atomic E-state index is 0.239. The summed E-state index contributed by atoms with van der Waals surface area (Å²) in [5, 5.41) is 3.58. The Kier molecular flexibility index (Phi) is 6.38. The SMILES string of the molecule is Cc1nccnc1C(C)NCC(CC(C)C)N(C)C. The monoisotopic (exact) mass is 264 g/mol. The highest BCUT2D eigenvalue weighted by molar-refractivity contribution is 5.12. The van der Waals surface area contributed by atoms with Gasteiger partial charge in [0.05, 0.1) is 11.4 Å². The van der Waals surface area contributed by atoms with Crippen LogP contribution >= 0.6 is 0 Å². The topological polar surface area (TPSA) is 41.1 Å². The molecule has 0 bridgehead atoms. The fraction of sp³-hybridized carbons (Fsp3) is 0.733. The zero-order valence-electron chi connectivity index (χ0n) is 13.1. The Labute approximate surface area is 117 Å². The van der Waals surface area contributed by atoms with Crippen molar-refractivity contribution in [3.63, 3.8) is 0 Å². The standard InChI is InChI=1S/C15H28N4/c1-11(2)9-14(19(5)6)10-18-13(4)15-12(3)16-7-8-17-15/h7-8,11,13-14,18H,9-10H2,1-6H3. The van der Waals surface area contributed by atoms with Crippen LogP contribution in [-0.4, -0.2) is 41.5 Å². The molecular formula is C15H28N4. The van der Waals surface area contributed by atoms with Crippen LogP contribution in [-0.2, 0) is 0 Å². The van der Waals surface area contributed by atoms with Gasteiger partial charge in [-0.25, -0.2) is 0 Å². The van der Waals surface area contributed by atoms with Crippen LogP contribution < -0.4 is 5.32 Å². The molecule has 4 nitrogen and oxygen atoms in total. The summed E-state index contributed by atoms with van der Waals surface area (Å²) in [4.78, 5) is 11.0. The van der Waals surface area contributed by atoms with E-state index < -0.39 is 0 Å². The average molecular weight is 264 g/mol. The third-order valence-electron chi connectivity index (χ3n) is 3.46. The Hall–Kier alpha value is -1.00. The lowest BCUT2D eigenvalue weighted by Crippen LogP contribution is -2.39. The second kappa shape index (κ2) is 7.56.